The van der Waals surface area contributed by atoms with E-state index in [2.05, 4.69) is 17.3 Å². The van der Waals surface area contributed by atoms with Gasteiger partial charge in [-0.25, -0.2) is 0 Å². The van der Waals surface area contributed by atoms with E-state index in [9.17, 15) is 0 Å². The summed E-state index contributed by atoms with van der Waals surface area (Å²) in [4.78, 5) is 2.40. The van der Waals surface area contributed by atoms with Crippen LogP contribution in [0.3, 0.4) is 0 Å². The zero-order valence-corrected chi connectivity index (χ0v) is 8.51. The molecular formula is C10H20N2O. The van der Waals surface area contributed by atoms with E-state index in [-0.39, 0.29) is 5.72 Å². The second-order valence-corrected chi connectivity index (χ2v) is 4.28. The van der Waals surface area contributed by atoms with Gasteiger partial charge in [0.1, 0.15) is 5.72 Å². The summed E-state index contributed by atoms with van der Waals surface area (Å²) in [7, 11) is 2.20. The fraction of sp³-hybridized carbons (Fsp3) is 1.00. The number of nitrogens with zero attached hydrogens (tertiary/aromatic N) is 1. The van der Waals surface area contributed by atoms with Crippen molar-refractivity contribution < 1.29 is 4.74 Å². The Labute approximate surface area is 80.4 Å². The molecule has 0 aromatic carbocycles. The molecule has 2 rings (SSSR count). The van der Waals surface area contributed by atoms with Crippen LogP contribution in [0.2, 0.25) is 0 Å². The molecule has 13 heavy (non-hydrogen) atoms. The van der Waals surface area contributed by atoms with Crippen LogP contribution < -0.4 is 5.32 Å². The van der Waals surface area contributed by atoms with Crippen LogP contribution in [0.5, 0.6) is 0 Å². The van der Waals surface area contributed by atoms with Crippen molar-refractivity contribution in [3.05, 3.63) is 0 Å². The lowest BCUT2D eigenvalue weighted by Gasteiger charge is -2.37. The summed E-state index contributed by atoms with van der Waals surface area (Å²) in [6.45, 7) is 4.44. The lowest BCUT2D eigenvalue weighted by Crippen LogP contribution is -2.52. The van der Waals surface area contributed by atoms with Gasteiger partial charge in [-0.2, -0.15) is 0 Å². The third-order valence-corrected chi connectivity index (χ3v) is 3.16. The summed E-state index contributed by atoms with van der Waals surface area (Å²) in [5.41, 5.74) is 0.0308. The Morgan fingerprint density at radius 1 is 1.23 bits per heavy atom. The normalized spacial score (nSPS) is 37.6. The van der Waals surface area contributed by atoms with Gasteiger partial charge in [-0.05, 0) is 39.4 Å². The highest BCUT2D eigenvalue weighted by Crippen LogP contribution is 2.25. The van der Waals surface area contributed by atoms with E-state index in [0.29, 0.717) is 0 Å². The average Bonchev–Trinajstić information content (AvgIpc) is 2.32. The van der Waals surface area contributed by atoms with Gasteiger partial charge in [0.05, 0.1) is 6.61 Å². The van der Waals surface area contributed by atoms with E-state index in [1.165, 1.54) is 19.4 Å². The van der Waals surface area contributed by atoms with Gasteiger partial charge >= 0.3 is 0 Å². The van der Waals surface area contributed by atoms with Crippen molar-refractivity contribution in [3.8, 4) is 0 Å². The molecule has 76 valence electrons. The summed E-state index contributed by atoms with van der Waals surface area (Å²) in [5, 5.41) is 3.55. The number of rotatable bonds is 0. The van der Waals surface area contributed by atoms with Crippen LogP contribution >= 0.6 is 0 Å². The summed E-state index contributed by atoms with van der Waals surface area (Å²) in [5.74, 6) is 0. The van der Waals surface area contributed by atoms with Crippen molar-refractivity contribution in [1.29, 1.82) is 0 Å². The highest BCUT2D eigenvalue weighted by molar-refractivity contribution is 4.84. The first-order valence-corrected chi connectivity index (χ1v) is 5.38. The Balaban J connectivity index is 1.95. The van der Waals surface area contributed by atoms with Gasteiger partial charge in [0.2, 0.25) is 0 Å². The fourth-order valence-electron chi connectivity index (χ4n) is 2.27. The lowest BCUT2D eigenvalue weighted by molar-refractivity contribution is -0.103. The molecule has 1 N–H and O–H groups in total. The second kappa shape index (κ2) is 3.95. The highest BCUT2D eigenvalue weighted by atomic mass is 16.5. The Kier molecular flexibility index (Phi) is 2.86. The lowest BCUT2D eigenvalue weighted by atomic mass is 10.0. The molecule has 2 aliphatic heterocycles. The summed E-state index contributed by atoms with van der Waals surface area (Å²) < 4.78 is 5.90. The van der Waals surface area contributed by atoms with Crippen LogP contribution in [0.1, 0.15) is 25.7 Å². The molecular weight excluding hydrogens is 164 g/mol. The molecule has 0 bridgehead atoms. The van der Waals surface area contributed by atoms with Crippen LogP contribution in [0.15, 0.2) is 0 Å². The number of nitrogens with one attached hydrogen (secondary N) is 1. The molecule has 0 saturated carbocycles. The van der Waals surface area contributed by atoms with E-state index in [1.54, 1.807) is 0 Å². The van der Waals surface area contributed by atoms with E-state index in [0.717, 1.165) is 32.5 Å². The van der Waals surface area contributed by atoms with Crippen molar-refractivity contribution in [2.75, 3.05) is 33.3 Å². The number of ether oxygens (including phenoxy) is 1. The molecule has 2 aliphatic rings. The number of hydrogen-bond acceptors (Lipinski definition) is 3. The predicted molar refractivity (Wildman–Crippen MR) is 52.7 cm³/mol. The van der Waals surface area contributed by atoms with E-state index >= 15 is 0 Å². The molecule has 1 spiro atoms. The van der Waals surface area contributed by atoms with E-state index < -0.39 is 0 Å². The van der Waals surface area contributed by atoms with Crippen LogP contribution in [0, 0.1) is 0 Å². The SMILES string of the molecule is CN1CCCC2(CC1)NCCCO2. The van der Waals surface area contributed by atoms with Gasteiger partial charge < -0.3 is 9.64 Å². The third kappa shape index (κ3) is 2.22. The van der Waals surface area contributed by atoms with Crippen molar-refractivity contribution in [3.63, 3.8) is 0 Å². The number of hydrogen-bond donors (Lipinski definition) is 1. The fourth-order valence-corrected chi connectivity index (χ4v) is 2.27. The molecule has 3 heteroatoms. The second-order valence-electron chi connectivity index (χ2n) is 4.28. The van der Waals surface area contributed by atoms with Gasteiger partial charge in [-0.15, -0.1) is 0 Å². The van der Waals surface area contributed by atoms with Crippen molar-refractivity contribution in [1.82, 2.24) is 10.2 Å². The molecule has 0 aromatic heterocycles. The van der Waals surface area contributed by atoms with Crippen LogP contribution in [0.25, 0.3) is 0 Å². The van der Waals surface area contributed by atoms with Gasteiger partial charge in [-0.3, -0.25) is 5.32 Å². The molecule has 1 unspecified atom stereocenters. The summed E-state index contributed by atoms with van der Waals surface area (Å²) >= 11 is 0. The van der Waals surface area contributed by atoms with E-state index in [4.69, 9.17) is 4.74 Å². The Morgan fingerprint density at radius 3 is 2.92 bits per heavy atom. The van der Waals surface area contributed by atoms with Gasteiger partial charge in [0.15, 0.2) is 0 Å². The molecule has 1 atom stereocenters. The Bertz CT molecular complexity index is 166. The molecule has 2 heterocycles. The minimum absolute atomic E-state index is 0.0308. The predicted octanol–water partition coefficient (Wildman–Crippen LogP) is 0.808. The zero-order chi connectivity index (χ0) is 9.15. The molecule has 0 aliphatic carbocycles. The minimum atomic E-state index is 0.0308. The first-order chi connectivity index (χ1) is 6.31. The first-order valence-electron chi connectivity index (χ1n) is 5.38. The smallest absolute Gasteiger partial charge is 0.120 e. The standard InChI is InChI=1S/C10H20N2O/c1-12-7-2-4-10(5-8-12)11-6-3-9-13-10/h11H,2-9H2,1H3. The maximum Gasteiger partial charge on any atom is 0.120 e. The van der Waals surface area contributed by atoms with Crippen LogP contribution in [0.4, 0.5) is 0 Å². The molecule has 0 radical (unpaired) electrons. The maximum absolute atomic E-state index is 5.90. The number of likely N-dealkylation sites (tertiary alicyclic amines) is 1. The van der Waals surface area contributed by atoms with Crippen molar-refractivity contribution >= 4 is 0 Å². The van der Waals surface area contributed by atoms with Crippen LogP contribution in [-0.2, 0) is 4.74 Å². The molecule has 2 saturated heterocycles. The highest BCUT2D eigenvalue weighted by Gasteiger charge is 2.33. The Morgan fingerprint density at radius 2 is 2.15 bits per heavy atom. The Hall–Kier alpha value is -0.120. The quantitative estimate of drug-likeness (QED) is 0.603. The minimum Gasteiger partial charge on any atom is -0.361 e. The molecule has 3 nitrogen and oxygen atoms in total. The summed E-state index contributed by atoms with van der Waals surface area (Å²) in [6, 6.07) is 0. The van der Waals surface area contributed by atoms with Gasteiger partial charge in [0, 0.05) is 13.0 Å². The summed E-state index contributed by atoms with van der Waals surface area (Å²) in [6.07, 6.45) is 4.74. The topological polar surface area (TPSA) is 24.5 Å². The van der Waals surface area contributed by atoms with E-state index in [1.807, 2.05) is 0 Å². The van der Waals surface area contributed by atoms with Crippen LogP contribution in [-0.4, -0.2) is 43.9 Å². The monoisotopic (exact) mass is 184 g/mol. The molecule has 0 aromatic rings. The van der Waals surface area contributed by atoms with Gasteiger partial charge in [-0.1, -0.05) is 0 Å². The molecule has 0 amide bonds. The van der Waals surface area contributed by atoms with Crippen molar-refractivity contribution in [2.45, 2.75) is 31.4 Å². The third-order valence-electron chi connectivity index (χ3n) is 3.16. The average molecular weight is 184 g/mol. The molecule has 2 fully saturated rings. The zero-order valence-electron chi connectivity index (χ0n) is 8.51. The van der Waals surface area contributed by atoms with Crippen molar-refractivity contribution in [2.24, 2.45) is 0 Å². The maximum atomic E-state index is 5.90. The largest absolute Gasteiger partial charge is 0.361 e. The van der Waals surface area contributed by atoms with Gasteiger partial charge in [0.25, 0.3) is 0 Å². The first kappa shape index (κ1) is 9.44.